The molecule has 7 heteroatoms. The van der Waals surface area contributed by atoms with E-state index in [9.17, 15) is 14.4 Å². The highest BCUT2D eigenvalue weighted by Crippen LogP contribution is 2.29. The van der Waals surface area contributed by atoms with Gasteiger partial charge in [0.05, 0.1) is 6.61 Å². The zero-order valence-corrected chi connectivity index (χ0v) is 19.6. The van der Waals surface area contributed by atoms with Crippen molar-refractivity contribution in [3.05, 3.63) is 69.1 Å². The molecule has 7 nitrogen and oxygen atoms in total. The minimum Gasteiger partial charge on any atom is -0.371 e. The predicted octanol–water partition coefficient (Wildman–Crippen LogP) is 3.63. The average Bonchev–Trinajstić information content (AvgIpc) is 3.43. The molecule has 3 heterocycles. The molecule has 2 amide bonds. The quantitative estimate of drug-likeness (QED) is 0.734. The fourth-order valence-electron chi connectivity index (χ4n) is 5.52. The molecular weight excluding hydrogens is 430 g/mol. The van der Waals surface area contributed by atoms with Crippen molar-refractivity contribution < 1.29 is 14.3 Å². The lowest BCUT2D eigenvalue weighted by Crippen LogP contribution is -2.38. The van der Waals surface area contributed by atoms with E-state index >= 15 is 0 Å². The molecule has 180 valence electrons. The predicted molar refractivity (Wildman–Crippen MR) is 129 cm³/mol. The molecule has 1 N–H and O–H groups in total. The minimum atomic E-state index is -0.480. The summed E-state index contributed by atoms with van der Waals surface area (Å²) in [5.74, 6) is -0.705. The number of carbonyl (C=O) groups is 2. The molecule has 1 aromatic heterocycles. The van der Waals surface area contributed by atoms with Crippen molar-refractivity contribution in [2.45, 2.75) is 63.5 Å². The topological polar surface area (TPSA) is 80.6 Å². The number of carbonyl (C=O) groups excluding carboxylic acids is 2. The molecule has 0 spiro atoms. The van der Waals surface area contributed by atoms with E-state index in [0.717, 1.165) is 50.5 Å². The van der Waals surface area contributed by atoms with E-state index in [1.807, 2.05) is 22.8 Å². The lowest BCUT2D eigenvalue weighted by molar-refractivity contribution is 0.0411. The van der Waals surface area contributed by atoms with Crippen molar-refractivity contribution in [2.24, 2.45) is 0 Å². The highest BCUT2D eigenvalue weighted by molar-refractivity contribution is 5.99. The molecule has 34 heavy (non-hydrogen) atoms. The van der Waals surface area contributed by atoms with Crippen LogP contribution in [0.15, 0.2) is 41.5 Å². The lowest BCUT2D eigenvalue weighted by atomic mass is 9.95. The van der Waals surface area contributed by atoms with Crippen LogP contribution in [-0.2, 0) is 11.2 Å². The van der Waals surface area contributed by atoms with Crippen molar-refractivity contribution in [1.82, 2.24) is 14.8 Å². The second-order valence-corrected chi connectivity index (χ2v) is 9.67. The summed E-state index contributed by atoms with van der Waals surface area (Å²) in [6.07, 6.45) is 11.3. The van der Waals surface area contributed by atoms with Crippen LogP contribution in [0, 0.1) is 0 Å². The van der Waals surface area contributed by atoms with Gasteiger partial charge in [0.25, 0.3) is 11.8 Å². The number of hydrogen-bond acceptors (Lipinski definition) is 4. The van der Waals surface area contributed by atoms with Gasteiger partial charge in [-0.15, -0.1) is 0 Å². The highest BCUT2D eigenvalue weighted by atomic mass is 16.5. The third-order valence-electron chi connectivity index (χ3n) is 7.45. The van der Waals surface area contributed by atoms with E-state index in [2.05, 4.69) is 11.4 Å². The number of aromatic nitrogens is 1. The number of pyridine rings is 1. The van der Waals surface area contributed by atoms with Crippen molar-refractivity contribution in [3.63, 3.8) is 0 Å². The molecular formula is C27H33N3O4. The Morgan fingerprint density at radius 2 is 1.71 bits per heavy atom. The summed E-state index contributed by atoms with van der Waals surface area (Å²) in [4.78, 5) is 41.5. The van der Waals surface area contributed by atoms with E-state index in [1.54, 1.807) is 17.3 Å². The SMILES string of the molecule is O=C(NCC1OCCc2ccccc21)c1cn(C2CCCCC2)cc(C(=O)N2CCCC2)c1=O. The number of ether oxygens (including phenoxy) is 1. The molecule has 0 radical (unpaired) electrons. The molecule has 1 saturated heterocycles. The van der Waals surface area contributed by atoms with Gasteiger partial charge in [-0.05, 0) is 43.2 Å². The van der Waals surface area contributed by atoms with Gasteiger partial charge in [0, 0.05) is 38.1 Å². The van der Waals surface area contributed by atoms with E-state index in [4.69, 9.17) is 4.74 Å². The number of rotatable bonds is 5. The van der Waals surface area contributed by atoms with E-state index in [0.29, 0.717) is 19.7 Å². The Kier molecular flexibility index (Phi) is 6.81. The largest absolute Gasteiger partial charge is 0.371 e. The summed E-state index contributed by atoms with van der Waals surface area (Å²) in [6.45, 7) is 2.21. The third kappa shape index (κ3) is 4.67. The summed E-state index contributed by atoms with van der Waals surface area (Å²) in [6, 6.07) is 8.30. The number of fused-ring (bicyclic) bond motifs is 1. The number of hydrogen-bond donors (Lipinski definition) is 1. The fourth-order valence-corrected chi connectivity index (χ4v) is 5.52. The second-order valence-electron chi connectivity index (χ2n) is 9.67. The van der Waals surface area contributed by atoms with Crippen LogP contribution in [-0.4, -0.2) is 47.5 Å². The highest BCUT2D eigenvalue weighted by Gasteiger charge is 2.28. The van der Waals surface area contributed by atoms with Crippen molar-refractivity contribution in [2.75, 3.05) is 26.2 Å². The number of amides is 2. The number of nitrogens with one attached hydrogen (secondary N) is 1. The van der Waals surface area contributed by atoms with Gasteiger partial charge in [-0.1, -0.05) is 43.5 Å². The average molecular weight is 464 g/mol. The van der Waals surface area contributed by atoms with Gasteiger partial charge in [-0.25, -0.2) is 0 Å². The Hall–Kier alpha value is -2.93. The second kappa shape index (κ2) is 10.1. The fraction of sp³-hybridized carbons (Fsp3) is 0.519. The molecule has 2 fully saturated rings. The van der Waals surface area contributed by atoms with Crippen molar-refractivity contribution in [1.29, 1.82) is 0 Å². The first-order chi connectivity index (χ1) is 16.6. The van der Waals surface area contributed by atoms with E-state index in [1.165, 1.54) is 12.0 Å². The molecule has 1 aromatic carbocycles. The van der Waals surface area contributed by atoms with Gasteiger partial charge in [0.1, 0.15) is 17.2 Å². The van der Waals surface area contributed by atoms with Crippen LogP contribution in [0.2, 0.25) is 0 Å². The lowest BCUT2D eigenvalue weighted by Gasteiger charge is -2.27. The molecule has 3 aliphatic rings. The van der Waals surface area contributed by atoms with Gasteiger partial charge in [-0.2, -0.15) is 0 Å². The summed E-state index contributed by atoms with van der Waals surface area (Å²) < 4.78 is 7.86. The zero-order valence-electron chi connectivity index (χ0n) is 19.6. The Morgan fingerprint density at radius 1 is 0.971 bits per heavy atom. The molecule has 1 aliphatic carbocycles. The zero-order chi connectivity index (χ0) is 23.5. The molecule has 2 aliphatic heterocycles. The van der Waals surface area contributed by atoms with E-state index < -0.39 is 11.3 Å². The minimum absolute atomic E-state index is 0.0414. The summed E-state index contributed by atoms with van der Waals surface area (Å²) >= 11 is 0. The maximum Gasteiger partial charge on any atom is 0.259 e. The van der Waals surface area contributed by atoms with Crippen LogP contribution in [0.25, 0.3) is 0 Å². The van der Waals surface area contributed by atoms with Crippen LogP contribution in [0.5, 0.6) is 0 Å². The Balaban J connectivity index is 1.41. The first kappa shape index (κ1) is 22.8. The molecule has 0 bridgehead atoms. The van der Waals surface area contributed by atoms with Crippen LogP contribution in [0.1, 0.15) is 88.9 Å². The first-order valence-electron chi connectivity index (χ1n) is 12.6. The van der Waals surface area contributed by atoms with E-state index in [-0.39, 0.29) is 35.7 Å². The van der Waals surface area contributed by atoms with Gasteiger partial charge in [0.15, 0.2) is 0 Å². The van der Waals surface area contributed by atoms with Crippen LogP contribution < -0.4 is 10.7 Å². The maximum absolute atomic E-state index is 13.3. The third-order valence-corrected chi connectivity index (χ3v) is 7.45. The molecule has 1 saturated carbocycles. The molecule has 1 atom stereocenters. The normalized spacial score (nSPS) is 20.7. The number of nitrogens with zero attached hydrogens (tertiary/aromatic N) is 2. The van der Waals surface area contributed by atoms with Gasteiger partial charge in [-0.3, -0.25) is 14.4 Å². The Morgan fingerprint density at radius 3 is 2.50 bits per heavy atom. The number of likely N-dealkylation sites (tertiary alicyclic amines) is 1. The van der Waals surface area contributed by atoms with Gasteiger partial charge < -0.3 is 19.5 Å². The molecule has 2 aromatic rings. The summed E-state index contributed by atoms with van der Waals surface area (Å²) in [7, 11) is 0. The van der Waals surface area contributed by atoms with Crippen molar-refractivity contribution in [3.8, 4) is 0 Å². The Labute approximate surface area is 200 Å². The Bertz CT molecular complexity index is 1110. The summed E-state index contributed by atoms with van der Waals surface area (Å²) in [5, 5.41) is 2.91. The first-order valence-corrected chi connectivity index (χ1v) is 12.6. The standard InChI is InChI=1S/C27H33N3O4/c31-25-22(26(32)28-16-24-21-11-5-4-8-19(21)12-15-34-24)17-30(20-9-2-1-3-10-20)18-23(25)27(33)29-13-6-7-14-29/h4-5,8,11,17-18,20,24H,1-3,6-7,9-10,12-16H2,(H,28,32). The van der Waals surface area contributed by atoms with Gasteiger partial charge in [0.2, 0.25) is 5.43 Å². The van der Waals surface area contributed by atoms with Crippen LogP contribution in [0.3, 0.4) is 0 Å². The summed E-state index contributed by atoms with van der Waals surface area (Å²) in [5.41, 5.74) is 1.98. The molecule has 1 unspecified atom stereocenters. The maximum atomic E-state index is 13.3. The number of benzene rings is 1. The van der Waals surface area contributed by atoms with Crippen LogP contribution in [0.4, 0.5) is 0 Å². The van der Waals surface area contributed by atoms with Crippen LogP contribution >= 0.6 is 0 Å². The monoisotopic (exact) mass is 463 g/mol. The van der Waals surface area contributed by atoms with Crippen molar-refractivity contribution >= 4 is 11.8 Å². The van der Waals surface area contributed by atoms with Gasteiger partial charge >= 0.3 is 0 Å². The smallest absolute Gasteiger partial charge is 0.259 e. The molecule has 5 rings (SSSR count).